The van der Waals surface area contributed by atoms with Gasteiger partial charge in [-0.15, -0.1) is 11.3 Å². The SMILES string of the molecule is CN(C(=O)c1csc(CCN)n1)c1ccc(O)cc1. The molecule has 0 aliphatic carbocycles. The van der Waals surface area contributed by atoms with Crippen molar-refractivity contribution in [3.8, 4) is 5.75 Å². The Morgan fingerprint density at radius 3 is 2.74 bits per heavy atom. The Morgan fingerprint density at radius 1 is 1.42 bits per heavy atom. The Kier molecular flexibility index (Phi) is 4.13. The van der Waals surface area contributed by atoms with Gasteiger partial charge in [0.05, 0.1) is 5.01 Å². The number of amides is 1. The predicted molar refractivity (Wildman–Crippen MR) is 75.7 cm³/mol. The van der Waals surface area contributed by atoms with Crippen molar-refractivity contribution >= 4 is 22.9 Å². The van der Waals surface area contributed by atoms with Gasteiger partial charge in [0.15, 0.2) is 0 Å². The summed E-state index contributed by atoms with van der Waals surface area (Å²) in [7, 11) is 1.68. The molecular weight excluding hydrogens is 262 g/mol. The number of carbonyl (C=O) groups excluding carboxylic acids is 1. The molecule has 0 saturated heterocycles. The molecule has 0 fully saturated rings. The van der Waals surface area contributed by atoms with E-state index >= 15 is 0 Å². The molecule has 0 spiro atoms. The van der Waals surface area contributed by atoms with Gasteiger partial charge in [-0.1, -0.05) is 0 Å². The van der Waals surface area contributed by atoms with Crippen LogP contribution >= 0.6 is 11.3 Å². The van der Waals surface area contributed by atoms with Crippen LogP contribution in [0.5, 0.6) is 5.75 Å². The van der Waals surface area contributed by atoms with Gasteiger partial charge in [0.1, 0.15) is 11.4 Å². The largest absolute Gasteiger partial charge is 0.508 e. The lowest BCUT2D eigenvalue weighted by atomic mass is 10.2. The highest BCUT2D eigenvalue weighted by Crippen LogP contribution is 2.20. The maximum Gasteiger partial charge on any atom is 0.277 e. The van der Waals surface area contributed by atoms with Crippen molar-refractivity contribution in [1.29, 1.82) is 0 Å². The van der Waals surface area contributed by atoms with Gasteiger partial charge in [-0.3, -0.25) is 4.79 Å². The normalized spacial score (nSPS) is 10.4. The van der Waals surface area contributed by atoms with Crippen LogP contribution in [-0.2, 0) is 6.42 Å². The molecule has 1 aromatic heterocycles. The lowest BCUT2D eigenvalue weighted by Gasteiger charge is -2.15. The van der Waals surface area contributed by atoms with E-state index in [1.165, 1.54) is 16.2 Å². The summed E-state index contributed by atoms with van der Waals surface area (Å²) in [6.45, 7) is 0.523. The quantitative estimate of drug-likeness (QED) is 0.890. The summed E-state index contributed by atoms with van der Waals surface area (Å²) in [6.07, 6.45) is 0.681. The first-order valence-electron chi connectivity index (χ1n) is 5.83. The highest BCUT2D eigenvalue weighted by molar-refractivity contribution is 7.09. The molecule has 100 valence electrons. The third kappa shape index (κ3) is 3.10. The van der Waals surface area contributed by atoms with E-state index in [1.54, 1.807) is 36.7 Å². The number of phenolic OH excluding ortho intramolecular Hbond substituents is 1. The second-order valence-electron chi connectivity index (χ2n) is 4.05. The number of anilines is 1. The number of carbonyl (C=O) groups is 1. The minimum atomic E-state index is -0.176. The van der Waals surface area contributed by atoms with Crippen LogP contribution in [0.3, 0.4) is 0 Å². The fourth-order valence-electron chi connectivity index (χ4n) is 1.61. The molecule has 5 nitrogen and oxygen atoms in total. The monoisotopic (exact) mass is 277 g/mol. The molecule has 0 saturated carbocycles. The molecule has 1 aromatic carbocycles. The molecule has 0 radical (unpaired) electrons. The van der Waals surface area contributed by atoms with Crippen LogP contribution in [0.2, 0.25) is 0 Å². The molecule has 0 aliphatic heterocycles. The van der Waals surface area contributed by atoms with E-state index in [1.807, 2.05) is 0 Å². The molecule has 0 aliphatic rings. The predicted octanol–water partition coefficient (Wildman–Crippen LogP) is 1.63. The first kappa shape index (κ1) is 13.5. The molecule has 1 amide bonds. The van der Waals surface area contributed by atoms with Crippen LogP contribution in [0.4, 0.5) is 5.69 Å². The van der Waals surface area contributed by atoms with E-state index in [0.29, 0.717) is 24.3 Å². The number of aromatic hydroxyl groups is 1. The zero-order valence-electron chi connectivity index (χ0n) is 10.5. The van der Waals surface area contributed by atoms with Crippen LogP contribution in [0, 0.1) is 0 Å². The maximum absolute atomic E-state index is 12.2. The molecule has 19 heavy (non-hydrogen) atoms. The van der Waals surface area contributed by atoms with E-state index in [0.717, 1.165) is 5.01 Å². The van der Waals surface area contributed by atoms with Crippen LogP contribution in [0.15, 0.2) is 29.6 Å². The highest BCUT2D eigenvalue weighted by Gasteiger charge is 2.16. The maximum atomic E-state index is 12.2. The number of hydrogen-bond acceptors (Lipinski definition) is 5. The highest BCUT2D eigenvalue weighted by atomic mass is 32.1. The van der Waals surface area contributed by atoms with Crippen LogP contribution in [-0.4, -0.2) is 29.6 Å². The van der Waals surface area contributed by atoms with Crippen LogP contribution < -0.4 is 10.6 Å². The molecule has 6 heteroatoms. The lowest BCUT2D eigenvalue weighted by Crippen LogP contribution is -2.26. The number of aromatic nitrogens is 1. The number of rotatable bonds is 4. The molecule has 3 N–H and O–H groups in total. The lowest BCUT2D eigenvalue weighted by molar-refractivity contribution is 0.0988. The van der Waals surface area contributed by atoms with Crippen molar-refractivity contribution in [2.45, 2.75) is 6.42 Å². The van der Waals surface area contributed by atoms with Crippen molar-refractivity contribution in [2.24, 2.45) is 5.73 Å². The summed E-state index contributed by atoms with van der Waals surface area (Å²) in [6, 6.07) is 6.45. The topological polar surface area (TPSA) is 79.5 Å². The minimum Gasteiger partial charge on any atom is -0.508 e. The number of phenols is 1. The average Bonchev–Trinajstić information content (AvgIpc) is 2.87. The fourth-order valence-corrected chi connectivity index (χ4v) is 2.40. The molecule has 1 heterocycles. The number of nitrogens with two attached hydrogens (primary N) is 1. The van der Waals surface area contributed by atoms with Gasteiger partial charge in [-0.25, -0.2) is 4.98 Å². The van der Waals surface area contributed by atoms with Gasteiger partial charge in [-0.2, -0.15) is 0 Å². The Morgan fingerprint density at radius 2 is 2.11 bits per heavy atom. The standard InChI is InChI=1S/C13H15N3O2S/c1-16(9-2-4-10(17)5-3-9)13(18)11-8-19-12(15-11)6-7-14/h2-5,8,17H,6-7,14H2,1H3. The average molecular weight is 277 g/mol. The number of hydrogen-bond donors (Lipinski definition) is 2. The molecule has 2 aromatic rings. The summed E-state index contributed by atoms with van der Waals surface area (Å²) >= 11 is 1.44. The molecule has 0 bridgehead atoms. The Hall–Kier alpha value is -1.92. The van der Waals surface area contributed by atoms with E-state index in [9.17, 15) is 9.90 Å². The van der Waals surface area contributed by atoms with Crippen molar-refractivity contribution in [2.75, 3.05) is 18.5 Å². The minimum absolute atomic E-state index is 0.170. The second-order valence-corrected chi connectivity index (χ2v) is 4.99. The zero-order valence-corrected chi connectivity index (χ0v) is 11.4. The van der Waals surface area contributed by atoms with Crippen molar-refractivity contribution < 1.29 is 9.90 Å². The van der Waals surface area contributed by atoms with Gasteiger partial charge >= 0.3 is 0 Å². The van der Waals surface area contributed by atoms with Gasteiger partial charge in [0.25, 0.3) is 5.91 Å². The van der Waals surface area contributed by atoms with Crippen LogP contribution in [0.1, 0.15) is 15.5 Å². The van der Waals surface area contributed by atoms with E-state index in [4.69, 9.17) is 5.73 Å². The fraction of sp³-hybridized carbons (Fsp3) is 0.231. The summed E-state index contributed by atoms with van der Waals surface area (Å²) in [4.78, 5) is 18.0. The Balaban J connectivity index is 2.15. The Labute approximate surface area is 115 Å². The van der Waals surface area contributed by atoms with Gasteiger partial charge < -0.3 is 15.7 Å². The van der Waals surface area contributed by atoms with Crippen LogP contribution in [0.25, 0.3) is 0 Å². The summed E-state index contributed by atoms with van der Waals surface area (Å²) in [5, 5.41) is 11.8. The smallest absolute Gasteiger partial charge is 0.277 e. The molecule has 0 atom stereocenters. The third-order valence-electron chi connectivity index (χ3n) is 2.67. The molecule has 2 rings (SSSR count). The van der Waals surface area contributed by atoms with Gasteiger partial charge in [-0.05, 0) is 30.8 Å². The first-order chi connectivity index (χ1) is 9.11. The van der Waals surface area contributed by atoms with E-state index < -0.39 is 0 Å². The van der Waals surface area contributed by atoms with Gasteiger partial charge in [0.2, 0.25) is 0 Å². The summed E-state index contributed by atoms with van der Waals surface area (Å²) < 4.78 is 0. The molecular formula is C13H15N3O2S. The molecule has 0 unspecified atom stereocenters. The number of nitrogens with zero attached hydrogens (tertiary/aromatic N) is 2. The summed E-state index contributed by atoms with van der Waals surface area (Å²) in [5.41, 5.74) is 6.58. The number of thiazole rings is 1. The van der Waals surface area contributed by atoms with Crippen molar-refractivity contribution in [1.82, 2.24) is 4.98 Å². The first-order valence-corrected chi connectivity index (χ1v) is 6.71. The zero-order chi connectivity index (χ0) is 13.8. The van der Waals surface area contributed by atoms with E-state index in [2.05, 4.69) is 4.98 Å². The van der Waals surface area contributed by atoms with Crippen molar-refractivity contribution in [3.05, 3.63) is 40.3 Å². The number of benzene rings is 1. The van der Waals surface area contributed by atoms with E-state index in [-0.39, 0.29) is 11.7 Å². The van der Waals surface area contributed by atoms with Crippen molar-refractivity contribution in [3.63, 3.8) is 0 Å². The van der Waals surface area contributed by atoms with Gasteiger partial charge in [0, 0.05) is 24.5 Å². The third-order valence-corrected chi connectivity index (χ3v) is 3.58. The second kappa shape index (κ2) is 5.81. The summed E-state index contributed by atoms with van der Waals surface area (Å²) in [5.74, 6) is -0.00583. The Bertz CT molecular complexity index is 566.